The van der Waals surface area contributed by atoms with E-state index in [9.17, 15) is 4.79 Å². The van der Waals surface area contributed by atoms with Gasteiger partial charge in [-0.3, -0.25) is 4.79 Å². The number of carbonyl (C=O) groups is 1. The van der Waals surface area contributed by atoms with Crippen LogP contribution in [0.15, 0.2) is 72.8 Å². The predicted octanol–water partition coefficient (Wildman–Crippen LogP) is 3.69. The first kappa shape index (κ1) is 20.4. The van der Waals surface area contributed by atoms with Crippen LogP contribution in [0.3, 0.4) is 0 Å². The van der Waals surface area contributed by atoms with Crippen LogP contribution in [0.25, 0.3) is 17.1 Å². The third kappa shape index (κ3) is 4.42. The molecule has 0 atom stereocenters. The van der Waals surface area contributed by atoms with E-state index in [1.54, 1.807) is 28.9 Å². The van der Waals surface area contributed by atoms with Gasteiger partial charge in [0.05, 0.1) is 12.8 Å². The van der Waals surface area contributed by atoms with Crippen molar-refractivity contribution in [3.8, 4) is 40.3 Å². The van der Waals surface area contributed by atoms with Gasteiger partial charge in [0.25, 0.3) is 5.91 Å². The molecular weight excluding hydrogens is 424 g/mol. The molecule has 4 aromatic rings. The van der Waals surface area contributed by atoms with Crippen molar-refractivity contribution >= 4 is 11.6 Å². The zero-order valence-electron chi connectivity index (χ0n) is 17.7. The van der Waals surface area contributed by atoms with Crippen LogP contribution in [0.2, 0.25) is 0 Å². The standard InChI is InChI=1S/C24H20N4O5/c1-30-24-26-23(16-7-12-20-21(13-16)33-15-32-20)28(27-24)18-10-8-17(9-11-18)25-22(29)14-31-19-5-3-2-4-6-19/h2-13H,14-15H2,1H3,(H,25,29). The van der Waals surface area contributed by atoms with Crippen molar-refractivity contribution < 1.29 is 23.7 Å². The van der Waals surface area contributed by atoms with Gasteiger partial charge in [-0.2, -0.15) is 4.98 Å². The van der Waals surface area contributed by atoms with Gasteiger partial charge >= 0.3 is 6.01 Å². The van der Waals surface area contributed by atoms with Crippen molar-refractivity contribution in [1.29, 1.82) is 0 Å². The van der Waals surface area contributed by atoms with E-state index in [0.29, 0.717) is 28.8 Å². The average Bonchev–Trinajstić information content (AvgIpc) is 3.50. The Morgan fingerprint density at radius 2 is 1.82 bits per heavy atom. The SMILES string of the molecule is COc1nc(-c2ccc3c(c2)OCO3)n(-c2ccc(NC(=O)COc3ccccc3)cc2)n1. The molecule has 1 aromatic heterocycles. The third-order valence-electron chi connectivity index (χ3n) is 4.91. The second kappa shape index (κ2) is 8.91. The van der Waals surface area contributed by atoms with E-state index in [4.69, 9.17) is 18.9 Å². The zero-order valence-corrected chi connectivity index (χ0v) is 17.7. The number of nitrogens with zero attached hydrogens (tertiary/aromatic N) is 3. The van der Waals surface area contributed by atoms with Crippen LogP contribution in [0, 0.1) is 0 Å². The monoisotopic (exact) mass is 444 g/mol. The number of rotatable bonds is 7. The number of amides is 1. The number of hydrogen-bond donors (Lipinski definition) is 1. The van der Waals surface area contributed by atoms with Gasteiger partial charge in [0.2, 0.25) is 6.79 Å². The van der Waals surface area contributed by atoms with Crippen molar-refractivity contribution in [2.75, 3.05) is 25.8 Å². The molecule has 0 spiro atoms. The molecule has 33 heavy (non-hydrogen) atoms. The molecule has 0 bridgehead atoms. The molecule has 166 valence electrons. The second-order valence-corrected chi connectivity index (χ2v) is 7.10. The summed E-state index contributed by atoms with van der Waals surface area (Å²) in [7, 11) is 1.51. The Hall–Kier alpha value is -4.53. The topological polar surface area (TPSA) is 96.7 Å². The van der Waals surface area contributed by atoms with Crippen LogP contribution in [-0.4, -0.2) is 41.2 Å². The first-order valence-corrected chi connectivity index (χ1v) is 10.2. The summed E-state index contributed by atoms with van der Waals surface area (Å²) in [6, 6.07) is 22.2. The molecule has 1 aliphatic heterocycles. The number of fused-ring (bicyclic) bond motifs is 1. The van der Waals surface area contributed by atoms with Crippen molar-refractivity contribution in [3.63, 3.8) is 0 Å². The number of hydrogen-bond acceptors (Lipinski definition) is 7. The van der Waals surface area contributed by atoms with Crippen LogP contribution in [0.4, 0.5) is 5.69 Å². The number of carbonyl (C=O) groups excluding carboxylic acids is 1. The van der Waals surface area contributed by atoms with Crippen LogP contribution in [0.5, 0.6) is 23.3 Å². The number of benzene rings is 3. The van der Waals surface area contributed by atoms with E-state index in [1.165, 1.54) is 7.11 Å². The molecule has 9 heteroatoms. The Morgan fingerprint density at radius 3 is 2.61 bits per heavy atom. The van der Waals surface area contributed by atoms with Crippen molar-refractivity contribution in [1.82, 2.24) is 14.8 Å². The molecule has 1 aliphatic rings. The van der Waals surface area contributed by atoms with Gasteiger partial charge in [-0.05, 0) is 54.6 Å². The molecular formula is C24H20N4O5. The van der Waals surface area contributed by atoms with Gasteiger partial charge in [-0.15, -0.1) is 5.10 Å². The Labute approximate surface area is 189 Å². The first-order valence-electron chi connectivity index (χ1n) is 10.2. The van der Waals surface area contributed by atoms with Crippen LogP contribution in [-0.2, 0) is 4.79 Å². The van der Waals surface area contributed by atoms with Crippen LogP contribution < -0.4 is 24.3 Å². The lowest BCUT2D eigenvalue weighted by Gasteiger charge is -2.09. The molecule has 2 heterocycles. The summed E-state index contributed by atoms with van der Waals surface area (Å²) < 4.78 is 23.2. The van der Waals surface area contributed by atoms with Gasteiger partial charge in [0.1, 0.15) is 5.75 Å². The number of methoxy groups -OCH3 is 1. The maximum absolute atomic E-state index is 12.2. The van der Waals surface area contributed by atoms with Gasteiger partial charge in [-0.25, -0.2) is 4.68 Å². The Bertz CT molecular complexity index is 1270. The highest BCUT2D eigenvalue weighted by Crippen LogP contribution is 2.36. The molecule has 0 fully saturated rings. The summed E-state index contributed by atoms with van der Waals surface area (Å²) in [4.78, 5) is 16.7. The van der Waals surface area contributed by atoms with E-state index >= 15 is 0 Å². The molecule has 1 N–H and O–H groups in total. The summed E-state index contributed by atoms with van der Waals surface area (Å²) in [5, 5.41) is 7.24. The molecule has 0 unspecified atom stereocenters. The zero-order chi connectivity index (χ0) is 22.6. The highest BCUT2D eigenvalue weighted by Gasteiger charge is 2.19. The number of nitrogens with one attached hydrogen (secondary N) is 1. The summed E-state index contributed by atoms with van der Waals surface area (Å²) in [6.07, 6.45) is 0. The minimum Gasteiger partial charge on any atom is -0.484 e. The highest BCUT2D eigenvalue weighted by molar-refractivity contribution is 5.92. The molecule has 9 nitrogen and oxygen atoms in total. The Kier molecular flexibility index (Phi) is 5.50. The van der Waals surface area contributed by atoms with Crippen molar-refractivity contribution in [2.24, 2.45) is 0 Å². The van der Waals surface area contributed by atoms with Crippen molar-refractivity contribution in [3.05, 3.63) is 72.8 Å². The number of para-hydroxylation sites is 1. The summed E-state index contributed by atoms with van der Waals surface area (Å²) >= 11 is 0. The minimum atomic E-state index is -0.255. The molecule has 0 saturated carbocycles. The molecule has 0 radical (unpaired) electrons. The smallest absolute Gasteiger partial charge is 0.336 e. The number of aromatic nitrogens is 3. The predicted molar refractivity (Wildman–Crippen MR) is 120 cm³/mol. The van der Waals surface area contributed by atoms with Gasteiger partial charge in [0.15, 0.2) is 23.9 Å². The lowest BCUT2D eigenvalue weighted by Crippen LogP contribution is -2.20. The maximum Gasteiger partial charge on any atom is 0.336 e. The highest BCUT2D eigenvalue weighted by atomic mass is 16.7. The lowest BCUT2D eigenvalue weighted by atomic mass is 10.2. The molecule has 5 rings (SSSR count). The summed E-state index contributed by atoms with van der Waals surface area (Å²) in [6.45, 7) is 0.110. The van der Waals surface area contributed by atoms with Crippen LogP contribution in [0.1, 0.15) is 0 Å². The summed E-state index contributed by atoms with van der Waals surface area (Å²) in [5.41, 5.74) is 2.18. The fourth-order valence-electron chi connectivity index (χ4n) is 3.33. The number of ether oxygens (including phenoxy) is 4. The lowest BCUT2D eigenvalue weighted by molar-refractivity contribution is -0.118. The van der Waals surface area contributed by atoms with Gasteiger partial charge in [0, 0.05) is 11.3 Å². The van der Waals surface area contributed by atoms with E-state index < -0.39 is 0 Å². The molecule has 0 saturated heterocycles. The summed E-state index contributed by atoms with van der Waals surface area (Å²) in [5.74, 6) is 2.30. The van der Waals surface area contributed by atoms with Crippen LogP contribution >= 0.6 is 0 Å². The molecule has 1 amide bonds. The normalized spacial score (nSPS) is 11.8. The molecule has 3 aromatic carbocycles. The minimum absolute atomic E-state index is 0.0830. The maximum atomic E-state index is 12.2. The largest absolute Gasteiger partial charge is 0.484 e. The third-order valence-corrected chi connectivity index (χ3v) is 4.91. The average molecular weight is 444 g/mol. The van der Waals surface area contributed by atoms with E-state index in [1.807, 2.05) is 48.5 Å². The quantitative estimate of drug-likeness (QED) is 0.464. The fourth-order valence-corrected chi connectivity index (χ4v) is 3.33. The van der Waals surface area contributed by atoms with E-state index in [2.05, 4.69) is 15.4 Å². The first-order chi connectivity index (χ1) is 16.2. The Balaban J connectivity index is 1.33. The van der Waals surface area contributed by atoms with Gasteiger partial charge < -0.3 is 24.3 Å². The molecule has 0 aliphatic carbocycles. The second-order valence-electron chi connectivity index (χ2n) is 7.10. The van der Waals surface area contributed by atoms with E-state index in [0.717, 1.165) is 11.3 Å². The number of anilines is 1. The Morgan fingerprint density at radius 1 is 1.03 bits per heavy atom. The van der Waals surface area contributed by atoms with E-state index in [-0.39, 0.29) is 25.3 Å². The fraction of sp³-hybridized carbons (Fsp3) is 0.125. The van der Waals surface area contributed by atoms with Crippen molar-refractivity contribution in [2.45, 2.75) is 0 Å². The van der Waals surface area contributed by atoms with Gasteiger partial charge in [-0.1, -0.05) is 18.2 Å².